The molecular weight excluding hydrogens is 408 g/mol. The lowest BCUT2D eigenvalue weighted by Crippen LogP contribution is -2.43. The molecule has 1 fully saturated rings. The normalized spacial score (nSPS) is 19.1. The van der Waals surface area contributed by atoms with Gasteiger partial charge in [-0.25, -0.2) is 9.97 Å². The quantitative estimate of drug-likeness (QED) is 0.705. The fraction of sp³-hybridized carbons (Fsp3) is 0.522. The maximum Gasteiger partial charge on any atom is 0.242 e. The Kier molecular flexibility index (Phi) is 6.94. The summed E-state index contributed by atoms with van der Waals surface area (Å²) in [4.78, 5) is 26.1. The summed E-state index contributed by atoms with van der Waals surface area (Å²) >= 11 is 0. The van der Waals surface area contributed by atoms with Gasteiger partial charge in [0.2, 0.25) is 5.91 Å². The number of hydrogen-bond donors (Lipinski definition) is 2. The highest BCUT2D eigenvalue weighted by Crippen LogP contribution is 2.31. The molecule has 1 unspecified atom stereocenters. The van der Waals surface area contributed by atoms with Crippen LogP contribution in [0.2, 0.25) is 0 Å². The maximum atomic E-state index is 13.1. The Balaban J connectivity index is 1.58. The summed E-state index contributed by atoms with van der Waals surface area (Å²) < 4.78 is 10.7. The van der Waals surface area contributed by atoms with E-state index in [1.54, 1.807) is 20.5 Å². The molecule has 9 nitrogen and oxygen atoms in total. The summed E-state index contributed by atoms with van der Waals surface area (Å²) in [6, 6.07) is 6.07. The van der Waals surface area contributed by atoms with E-state index in [2.05, 4.69) is 20.6 Å². The van der Waals surface area contributed by atoms with Gasteiger partial charge in [0.15, 0.2) is 11.5 Å². The van der Waals surface area contributed by atoms with Gasteiger partial charge < -0.3 is 29.9 Å². The number of hydrogen-bond acceptors (Lipinski definition) is 8. The molecule has 1 saturated heterocycles. The second-order valence-electron chi connectivity index (χ2n) is 8.28. The van der Waals surface area contributed by atoms with Crippen molar-refractivity contribution in [1.29, 1.82) is 0 Å². The number of fused-ring (bicyclic) bond motifs is 1. The van der Waals surface area contributed by atoms with Crippen LogP contribution in [0.4, 0.5) is 11.6 Å². The molecule has 9 heteroatoms. The fourth-order valence-corrected chi connectivity index (χ4v) is 4.48. The van der Waals surface area contributed by atoms with Crippen LogP contribution in [0.3, 0.4) is 0 Å². The Morgan fingerprint density at radius 3 is 2.78 bits per heavy atom. The second kappa shape index (κ2) is 10.0. The van der Waals surface area contributed by atoms with Gasteiger partial charge in [0, 0.05) is 19.6 Å². The topological polar surface area (TPSA) is 91.8 Å². The lowest BCUT2D eigenvalue weighted by molar-refractivity contribution is -0.132. The number of nitrogens with one attached hydrogen (secondary N) is 2. The lowest BCUT2D eigenvalue weighted by Gasteiger charge is -2.30. The van der Waals surface area contributed by atoms with Crippen molar-refractivity contribution in [3.8, 4) is 11.5 Å². The molecule has 4 rings (SSSR count). The van der Waals surface area contributed by atoms with Crippen LogP contribution in [0.5, 0.6) is 11.5 Å². The molecule has 172 valence electrons. The Morgan fingerprint density at radius 2 is 1.97 bits per heavy atom. The molecule has 3 heterocycles. The third-order valence-corrected chi connectivity index (χ3v) is 6.20. The molecule has 0 saturated carbocycles. The van der Waals surface area contributed by atoms with Crippen molar-refractivity contribution in [2.45, 2.75) is 38.4 Å². The Morgan fingerprint density at radius 1 is 1.12 bits per heavy atom. The predicted molar refractivity (Wildman–Crippen MR) is 123 cm³/mol. The average Bonchev–Trinajstić information content (AvgIpc) is 3.15. The number of carbonyl (C=O) groups excluding carboxylic acids is 1. The van der Waals surface area contributed by atoms with Crippen molar-refractivity contribution >= 4 is 17.5 Å². The smallest absolute Gasteiger partial charge is 0.242 e. The van der Waals surface area contributed by atoms with Crippen molar-refractivity contribution in [3.63, 3.8) is 0 Å². The second-order valence-corrected chi connectivity index (χ2v) is 8.28. The molecular formula is C23H32N6O3. The molecule has 2 aliphatic heterocycles. The van der Waals surface area contributed by atoms with Gasteiger partial charge in [-0.3, -0.25) is 4.79 Å². The van der Waals surface area contributed by atoms with E-state index in [4.69, 9.17) is 9.47 Å². The third-order valence-electron chi connectivity index (χ3n) is 6.20. The number of carbonyl (C=O) groups is 1. The van der Waals surface area contributed by atoms with Gasteiger partial charge >= 0.3 is 0 Å². The number of ether oxygens (including phenoxy) is 2. The van der Waals surface area contributed by atoms with Crippen LogP contribution in [-0.4, -0.2) is 67.7 Å². The minimum atomic E-state index is 0.142. The molecule has 2 N–H and O–H groups in total. The highest BCUT2D eigenvalue weighted by molar-refractivity contribution is 5.84. The summed E-state index contributed by atoms with van der Waals surface area (Å²) in [7, 11) is 5.17. The summed E-state index contributed by atoms with van der Waals surface area (Å²) in [6.45, 7) is 3.35. The van der Waals surface area contributed by atoms with E-state index in [9.17, 15) is 4.79 Å². The van der Waals surface area contributed by atoms with Gasteiger partial charge in [-0.05, 0) is 50.0 Å². The van der Waals surface area contributed by atoms with E-state index < -0.39 is 0 Å². The molecule has 2 aromatic rings. The molecule has 1 aromatic carbocycles. The highest BCUT2D eigenvalue weighted by Gasteiger charge is 2.31. The van der Waals surface area contributed by atoms with Crippen LogP contribution in [0.1, 0.15) is 30.4 Å². The van der Waals surface area contributed by atoms with Crippen LogP contribution < -0.4 is 25.0 Å². The van der Waals surface area contributed by atoms with Gasteiger partial charge in [0.1, 0.15) is 18.0 Å². The molecule has 0 aliphatic carbocycles. The Bertz CT molecular complexity index is 945. The number of rotatable bonds is 6. The largest absolute Gasteiger partial charge is 0.493 e. The molecule has 2 aliphatic rings. The minimum absolute atomic E-state index is 0.142. The SMILES string of the molecule is COc1ccc(CNc2ncnc3c2CN(C2CCCNCC2)C(=O)CN3C)cc1OC. The van der Waals surface area contributed by atoms with E-state index in [0.29, 0.717) is 31.1 Å². The number of aromatic nitrogens is 2. The fourth-order valence-electron chi connectivity index (χ4n) is 4.48. The number of anilines is 2. The number of amides is 1. The molecule has 1 atom stereocenters. The van der Waals surface area contributed by atoms with Crippen molar-refractivity contribution in [1.82, 2.24) is 20.2 Å². The zero-order valence-electron chi connectivity index (χ0n) is 19.1. The summed E-state index contributed by atoms with van der Waals surface area (Å²) in [5, 5.41) is 6.89. The van der Waals surface area contributed by atoms with Crippen LogP contribution in [-0.2, 0) is 17.9 Å². The molecule has 32 heavy (non-hydrogen) atoms. The first-order valence-corrected chi connectivity index (χ1v) is 11.1. The van der Waals surface area contributed by atoms with Crippen molar-refractivity contribution in [3.05, 3.63) is 35.7 Å². The van der Waals surface area contributed by atoms with E-state index >= 15 is 0 Å². The van der Waals surface area contributed by atoms with Gasteiger partial charge in [-0.15, -0.1) is 0 Å². The van der Waals surface area contributed by atoms with E-state index in [-0.39, 0.29) is 11.9 Å². The van der Waals surface area contributed by atoms with Crippen LogP contribution >= 0.6 is 0 Å². The molecule has 0 bridgehead atoms. The summed E-state index contributed by atoms with van der Waals surface area (Å²) in [5.41, 5.74) is 2.00. The number of benzene rings is 1. The molecule has 1 amide bonds. The van der Waals surface area contributed by atoms with Crippen LogP contribution in [0.15, 0.2) is 24.5 Å². The van der Waals surface area contributed by atoms with Crippen molar-refractivity contribution in [2.75, 3.05) is 51.1 Å². The molecule has 0 spiro atoms. The minimum Gasteiger partial charge on any atom is -0.493 e. The number of methoxy groups -OCH3 is 2. The van der Waals surface area contributed by atoms with Gasteiger partial charge in [0.05, 0.1) is 32.9 Å². The van der Waals surface area contributed by atoms with E-state index in [1.165, 1.54) is 0 Å². The Labute approximate surface area is 189 Å². The Hall–Kier alpha value is -3.07. The zero-order chi connectivity index (χ0) is 22.5. The monoisotopic (exact) mass is 440 g/mol. The highest BCUT2D eigenvalue weighted by atomic mass is 16.5. The van der Waals surface area contributed by atoms with Gasteiger partial charge in [0.25, 0.3) is 0 Å². The van der Waals surface area contributed by atoms with Gasteiger partial charge in [-0.2, -0.15) is 0 Å². The standard InChI is InChI=1S/C23H32N6O3/c1-28-14-21(30)29(17-5-4-9-24-10-8-17)13-18-22(26-15-27-23(18)28)25-12-16-6-7-19(31-2)20(11-16)32-3/h6-7,11,15,17,24H,4-5,8-10,12-14H2,1-3H3,(H,25,26,27). The zero-order valence-corrected chi connectivity index (χ0v) is 19.1. The lowest BCUT2D eigenvalue weighted by atomic mass is 10.1. The van der Waals surface area contributed by atoms with Crippen molar-refractivity contribution in [2.24, 2.45) is 0 Å². The third kappa shape index (κ3) is 4.72. The first-order chi connectivity index (χ1) is 15.6. The molecule has 1 aromatic heterocycles. The average molecular weight is 441 g/mol. The number of likely N-dealkylation sites (N-methyl/N-ethyl adjacent to an activating group) is 1. The summed E-state index contributed by atoms with van der Waals surface area (Å²) in [6.07, 6.45) is 4.61. The maximum absolute atomic E-state index is 13.1. The molecule has 0 radical (unpaired) electrons. The van der Waals surface area contributed by atoms with E-state index in [0.717, 1.165) is 55.1 Å². The van der Waals surface area contributed by atoms with E-state index in [1.807, 2.05) is 35.0 Å². The summed E-state index contributed by atoms with van der Waals surface area (Å²) in [5.74, 6) is 3.08. The number of nitrogens with zero attached hydrogens (tertiary/aromatic N) is 4. The van der Waals surface area contributed by atoms with Crippen molar-refractivity contribution < 1.29 is 14.3 Å². The first-order valence-electron chi connectivity index (χ1n) is 11.1. The van der Waals surface area contributed by atoms with Crippen LogP contribution in [0.25, 0.3) is 0 Å². The van der Waals surface area contributed by atoms with Gasteiger partial charge in [-0.1, -0.05) is 6.07 Å². The first kappa shape index (κ1) is 22.1. The predicted octanol–water partition coefficient (Wildman–Crippen LogP) is 2.03. The van der Waals surface area contributed by atoms with Crippen LogP contribution in [0, 0.1) is 0 Å².